The lowest BCUT2D eigenvalue weighted by molar-refractivity contribution is 0.293. The van der Waals surface area contributed by atoms with Gasteiger partial charge in [-0.15, -0.1) is 0 Å². The lowest BCUT2D eigenvalue weighted by Crippen LogP contribution is -2.35. The van der Waals surface area contributed by atoms with E-state index in [0.29, 0.717) is 11.5 Å². The van der Waals surface area contributed by atoms with Gasteiger partial charge < -0.3 is 5.32 Å². The zero-order valence-electron chi connectivity index (χ0n) is 11.1. The molecule has 1 aliphatic rings. The second-order valence-corrected chi connectivity index (χ2v) is 6.27. The highest BCUT2D eigenvalue weighted by Crippen LogP contribution is 2.36. The highest BCUT2D eigenvalue weighted by molar-refractivity contribution is 4.83. The molecular formula is C14H29N. The van der Waals surface area contributed by atoms with E-state index in [1.165, 1.54) is 45.1 Å². The van der Waals surface area contributed by atoms with Crippen molar-refractivity contribution in [2.75, 3.05) is 6.54 Å². The molecule has 0 radical (unpaired) electrons. The standard InChI is InChI=1S/C14H29N/c1-12(2)7-8-13(3)15-11-14(4)9-5-6-10-14/h12-13,15H,5-11H2,1-4H3. The molecule has 0 bridgehead atoms. The van der Waals surface area contributed by atoms with Crippen LogP contribution in [-0.4, -0.2) is 12.6 Å². The van der Waals surface area contributed by atoms with E-state index >= 15 is 0 Å². The smallest absolute Gasteiger partial charge is 0.00390 e. The van der Waals surface area contributed by atoms with Gasteiger partial charge in [0.15, 0.2) is 0 Å². The summed E-state index contributed by atoms with van der Waals surface area (Å²) in [4.78, 5) is 0. The summed E-state index contributed by atoms with van der Waals surface area (Å²) < 4.78 is 0. The van der Waals surface area contributed by atoms with Crippen LogP contribution in [0.3, 0.4) is 0 Å². The van der Waals surface area contributed by atoms with Crippen LogP contribution < -0.4 is 5.32 Å². The molecule has 0 aromatic carbocycles. The third kappa shape index (κ3) is 5.01. The average Bonchev–Trinajstić information content (AvgIpc) is 2.60. The van der Waals surface area contributed by atoms with Gasteiger partial charge in [-0.05, 0) is 43.9 Å². The van der Waals surface area contributed by atoms with E-state index in [0.717, 1.165) is 5.92 Å². The summed E-state index contributed by atoms with van der Waals surface area (Å²) in [5.41, 5.74) is 0.603. The Morgan fingerprint density at radius 3 is 2.20 bits per heavy atom. The summed E-state index contributed by atoms with van der Waals surface area (Å²) in [6, 6.07) is 0.699. The molecule has 0 heterocycles. The molecule has 1 aliphatic carbocycles. The van der Waals surface area contributed by atoms with E-state index in [4.69, 9.17) is 0 Å². The first-order chi connectivity index (χ1) is 7.02. The number of rotatable bonds is 6. The summed E-state index contributed by atoms with van der Waals surface area (Å²) in [6.07, 6.45) is 8.42. The maximum atomic E-state index is 3.72. The largest absolute Gasteiger partial charge is 0.314 e. The zero-order valence-corrected chi connectivity index (χ0v) is 11.1. The molecule has 0 aliphatic heterocycles. The van der Waals surface area contributed by atoms with Crippen molar-refractivity contribution in [2.45, 2.75) is 72.3 Å². The topological polar surface area (TPSA) is 12.0 Å². The fraction of sp³-hybridized carbons (Fsp3) is 1.00. The van der Waals surface area contributed by atoms with Crippen LogP contribution in [0, 0.1) is 11.3 Å². The first kappa shape index (κ1) is 13.0. The van der Waals surface area contributed by atoms with Crippen molar-refractivity contribution in [1.29, 1.82) is 0 Å². The molecule has 0 saturated heterocycles. The maximum Gasteiger partial charge on any atom is 0.00390 e. The van der Waals surface area contributed by atoms with E-state index in [-0.39, 0.29) is 0 Å². The van der Waals surface area contributed by atoms with Gasteiger partial charge in [-0.3, -0.25) is 0 Å². The minimum absolute atomic E-state index is 0.603. The summed E-state index contributed by atoms with van der Waals surface area (Å²) in [5, 5.41) is 3.72. The van der Waals surface area contributed by atoms with Crippen molar-refractivity contribution in [2.24, 2.45) is 11.3 Å². The summed E-state index contributed by atoms with van der Waals surface area (Å²) in [5.74, 6) is 0.844. The van der Waals surface area contributed by atoms with Crippen molar-refractivity contribution in [1.82, 2.24) is 5.32 Å². The molecule has 0 spiro atoms. The minimum atomic E-state index is 0.603. The highest BCUT2D eigenvalue weighted by atomic mass is 14.9. The third-order valence-corrected chi connectivity index (χ3v) is 3.86. The summed E-state index contributed by atoms with van der Waals surface area (Å²) in [6.45, 7) is 10.6. The zero-order chi connectivity index (χ0) is 11.3. The Balaban J connectivity index is 2.13. The van der Waals surface area contributed by atoms with Gasteiger partial charge in [0.25, 0.3) is 0 Å². The van der Waals surface area contributed by atoms with Crippen LogP contribution in [0.15, 0.2) is 0 Å². The number of hydrogen-bond donors (Lipinski definition) is 1. The number of hydrogen-bond acceptors (Lipinski definition) is 1. The molecule has 1 unspecified atom stereocenters. The second-order valence-electron chi connectivity index (χ2n) is 6.27. The first-order valence-electron chi connectivity index (χ1n) is 6.75. The fourth-order valence-electron chi connectivity index (χ4n) is 2.51. The Hall–Kier alpha value is -0.0400. The Kier molecular flexibility index (Phi) is 5.11. The van der Waals surface area contributed by atoms with E-state index in [2.05, 4.69) is 33.0 Å². The molecule has 1 saturated carbocycles. The van der Waals surface area contributed by atoms with Crippen LogP contribution in [0.1, 0.15) is 66.2 Å². The van der Waals surface area contributed by atoms with Crippen LogP contribution in [0.4, 0.5) is 0 Å². The highest BCUT2D eigenvalue weighted by Gasteiger charge is 2.28. The second kappa shape index (κ2) is 5.89. The van der Waals surface area contributed by atoms with Gasteiger partial charge in [0, 0.05) is 12.6 Å². The van der Waals surface area contributed by atoms with Crippen LogP contribution in [0.25, 0.3) is 0 Å². The normalized spacial score (nSPS) is 22.2. The predicted octanol–water partition coefficient (Wildman–Crippen LogP) is 3.98. The van der Waals surface area contributed by atoms with Crippen LogP contribution in [-0.2, 0) is 0 Å². The van der Waals surface area contributed by atoms with Crippen molar-refractivity contribution in [3.63, 3.8) is 0 Å². The molecule has 1 rings (SSSR count). The van der Waals surface area contributed by atoms with Crippen molar-refractivity contribution in [3.05, 3.63) is 0 Å². The summed E-state index contributed by atoms with van der Waals surface area (Å²) >= 11 is 0. The van der Waals surface area contributed by atoms with Gasteiger partial charge in [-0.2, -0.15) is 0 Å². The molecule has 0 aromatic rings. The van der Waals surface area contributed by atoms with Gasteiger partial charge in [0.05, 0.1) is 0 Å². The Morgan fingerprint density at radius 1 is 1.07 bits per heavy atom. The van der Waals surface area contributed by atoms with Crippen LogP contribution >= 0.6 is 0 Å². The van der Waals surface area contributed by atoms with Crippen molar-refractivity contribution < 1.29 is 0 Å². The van der Waals surface area contributed by atoms with Crippen molar-refractivity contribution >= 4 is 0 Å². The van der Waals surface area contributed by atoms with E-state index in [1.807, 2.05) is 0 Å². The predicted molar refractivity (Wildman–Crippen MR) is 68.1 cm³/mol. The third-order valence-electron chi connectivity index (χ3n) is 3.86. The molecule has 15 heavy (non-hydrogen) atoms. The van der Waals surface area contributed by atoms with E-state index in [1.54, 1.807) is 0 Å². The van der Waals surface area contributed by atoms with Crippen molar-refractivity contribution in [3.8, 4) is 0 Å². The first-order valence-corrected chi connectivity index (χ1v) is 6.75. The van der Waals surface area contributed by atoms with E-state index in [9.17, 15) is 0 Å². The lowest BCUT2D eigenvalue weighted by atomic mass is 9.88. The molecule has 1 N–H and O–H groups in total. The van der Waals surface area contributed by atoms with Gasteiger partial charge in [0.2, 0.25) is 0 Å². The fourth-order valence-corrected chi connectivity index (χ4v) is 2.51. The molecule has 90 valence electrons. The lowest BCUT2D eigenvalue weighted by Gasteiger charge is -2.26. The monoisotopic (exact) mass is 211 g/mol. The Labute approximate surface area is 96.0 Å². The molecule has 1 heteroatoms. The summed E-state index contributed by atoms with van der Waals surface area (Å²) in [7, 11) is 0. The van der Waals surface area contributed by atoms with Gasteiger partial charge >= 0.3 is 0 Å². The molecule has 1 fully saturated rings. The van der Waals surface area contributed by atoms with Crippen LogP contribution in [0.2, 0.25) is 0 Å². The maximum absolute atomic E-state index is 3.72. The number of nitrogens with one attached hydrogen (secondary N) is 1. The molecule has 1 nitrogen and oxygen atoms in total. The Morgan fingerprint density at radius 2 is 1.67 bits per heavy atom. The Bertz CT molecular complexity index is 168. The SMILES string of the molecule is CC(C)CCC(C)NCC1(C)CCCC1. The average molecular weight is 211 g/mol. The van der Waals surface area contributed by atoms with Crippen LogP contribution in [0.5, 0.6) is 0 Å². The molecule has 0 aromatic heterocycles. The van der Waals surface area contributed by atoms with Gasteiger partial charge in [0.1, 0.15) is 0 Å². The molecule has 0 amide bonds. The minimum Gasteiger partial charge on any atom is -0.314 e. The van der Waals surface area contributed by atoms with Gasteiger partial charge in [-0.25, -0.2) is 0 Å². The quantitative estimate of drug-likeness (QED) is 0.700. The molecule has 1 atom stereocenters. The molecular weight excluding hydrogens is 182 g/mol. The van der Waals surface area contributed by atoms with E-state index < -0.39 is 0 Å². The van der Waals surface area contributed by atoms with Gasteiger partial charge in [-0.1, -0.05) is 33.6 Å².